The third-order valence-corrected chi connectivity index (χ3v) is 5.37. The van der Waals surface area contributed by atoms with Gasteiger partial charge in [0.15, 0.2) is 0 Å². The molecule has 27 heavy (non-hydrogen) atoms. The van der Waals surface area contributed by atoms with Crippen molar-refractivity contribution >= 4 is 28.9 Å². The molecule has 0 radical (unpaired) electrons. The van der Waals surface area contributed by atoms with Crippen LogP contribution in [0.2, 0.25) is 0 Å². The smallest absolute Gasteiger partial charge is 0.117 e. The van der Waals surface area contributed by atoms with Gasteiger partial charge >= 0.3 is 0 Å². The number of rotatable bonds is 6. The van der Waals surface area contributed by atoms with Gasteiger partial charge in [0, 0.05) is 35.8 Å². The second-order valence-electron chi connectivity index (χ2n) is 7.19. The van der Waals surface area contributed by atoms with Crippen molar-refractivity contribution in [2.24, 2.45) is 0 Å². The number of hydrogen-bond acceptors (Lipinski definition) is 2. The number of phenolic OH excluding ortho intramolecular Hbond substituents is 1. The molecule has 0 saturated heterocycles. The summed E-state index contributed by atoms with van der Waals surface area (Å²) in [5.41, 5.74) is 5.21. The molecule has 0 spiro atoms. The van der Waals surface area contributed by atoms with Gasteiger partial charge in [0.05, 0.1) is 0 Å². The number of unbranched alkanes of at least 4 members (excludes halogenated alkanes) is 1. The molecule has 3 aromatic rings. The summed E-state index contributed by atoms with van der Waals surface area (Å²) in [6, 6.07) is 16.9. The number of H-pyrrole nitrogens is 1. The summed E-state index contributed by atoms with van der Waals surface area (Å²) in [6.45, 7) is 0.973. The lowest BCUT2D eigenvalue weighted by atomic mass is 9.92. The van der Waals surface area contributed by atoms with Crippen molar-refractivity contribution in [3.8, 4) is 5.75 Å². The molecule has 2 aromatic carbocycles. The number of aromatic amines is 1. The van der Waals surface area contributed by atoms with Gasteiger partial charge in [0.2, 0.25) is 0 Å². The number of phenols is 1. The van der Waals surface area contributed by atoms with Gasteiger partial charge in [-0.25, -0.2) is 0 Å². The normalized spacial score (nSPS) is 16.7. The molecule has 4 rings (SSSR count). The zero-order valence-electron chi connectivity index (χ0n) is 15.4. The van der Waals surface area contributed by atoms with Crippen molar-refractivity contribution in [1.82, 2.24) is 10.3 Å². The molecule has 1 atom stereocenters. The van der Waals surface area contributed by atoms with Crippen LogP contribution in [0.3, 0.4) is 0 Å². The lowest BCUT2D eigenvalue weighted by Crippen LogP contribution is -2.32. The minimum absolute atomic E-state index is 0. The number of benzene rings is 2. The Morgan fingerprint density at radius 1 is 1.04 bits per heavy atom. The van der Waals surface area contributed by atoms with Gasteiger partial charge in [0.25, 0.3) is 0 Å². The van der Waals surface area contributed by atoms with E-state index in [0.29, 0.717) is 11.8 Å². The van der Waals surface area contributed by atoms with Crippen molar-refractivity contribution in [3.05, 3.63) is 71.9 Å². The molecular formula is C23H27ClN2O. The van der Waals surface area contributed by atoms with Gasteiger partial charge < -0.3 is 15.4 Å². The number of hydrogen-bond donors (Lipinski definition) is 3. The molecule has 2 heterocycles. The van der Waals surface area contributed by atoms with E-state index in [0.717, 1.165) is 24.9 Å². The van der Waals surface area contributed by atoms with Gasteiger partial charge in [-0.1, -0.05) is 42.8 Å². The SMILES string of the molecule is Cl.Oc1ccc2c(CCCCC3CC(c4ccccc4)=CCN3)c[nH]c2c1. The summed E-state index contributed by atoms with van der Waals surface area (Å²) in [6.07, 6.45) is 10.2. The first-order valence-corrected chi connectivity index (χ1v) is 9.56. The molecule has 0 amide bonds. The number of aromatic hydroxyl groups is 1. The maximum atomic E-state index is 9.57. The Bertz CT molecular complexity index is 901. The second-order valence-corrected chi connectivity index (χ2v) is 7.19. The summed E-state index contributed by atoms with van der Waals surface area (Å²) < 4.78 is 0. The molecule has 0 saturated carbocycles. The van der Waals surface area contributed by atoms with Gasteiger partial charge in [-0.15, -0.1) is 12.4 Å². The highest BCUT2D eigenvalue weighted by Crippen LogP contribution is 2.26. The van der Waals surface area contributed by atoms with Gasteiger partial charge in [-0.05, 0) is 54.5 Å². The fraction of sp³-hybridized carbons (Fsp3) is 0.304. The Labute approximate surface area is 166 Å². The summed E-state index contributed by atoms with van der Waals surface area (Å²) >= 11 is 0. The highest BCUT2D eigenvalue weighted by Gasteiger charge is 2.15. The van der Waals surface area contributed by atoms with Crippen molar-refractivity contribution < 1.29 is 5.11 Å². The number of halogens is 1. The molecule has 3 nitrogen and oxygen atoms in total. The first-order valence-electron chi connectivity index (χ1n) is 9.56. The largest absolute Gasteiger partial charge is 0.508 e. The molecule has 1 aliphatic heterocycles. The maximum Gasteiger partial charge on any atom is 0.117 e. The number of aryl methyl sites for hydroxylation is 1. The monoisotopic (exact) mass is 382 g/mol. The van der Waals surface area contributed by atoms with Gasteiger partial charge in [0.1, 0.15) is 5.75 Å². The zero-order chi connectivity index (χ0) is 17.8. The van der Waals surface area contributed by atoms with Crippen LogP contribution >= 0.6 is 12.4 Å². The summed E-state index contributed by atoms with van der Waals surface area (Å²) in [5.74, 6) is 0.316. The first kappa shape index (κ1) is 19.5. The topological polar surface area (TPSA) is 48.0 Å². The predicted molar refractivity (Wildman–Crippen MR) is 116 cm³/mol. The van der Waals surface area contributed by atoms with E-state index < -0.39 is 0 Å². The summed E-state index contributed by atoms with van der Waals surface area (Å²) in [7, 11) is 0. The van der Waals surface area contributed by atoms with E-state index in [9.17, 15) is 5.11 Å². The van der Waals surface area contributed by atoms with Crippen LogP contribution in [-0.2, 0) is 6.42 Å². The Kier molecular flexibility index (Phi) is 6.59. The molecule has 1 aliphatic rings. The molecule has 0 aliphatic carbocycles. The molecule has 0 fully saturated rings. The quantitative estimate of drug-likeness (QED) is 0.496. The van der Waals surface area contributed by atoms with Crippen LogP contribution in [-0.4, -0.2) is 22.7 Å². The fourth-order valence-corrected chi connectivity index (χ4v) is 3.95. The molecule has 1 aromatic heterocycles. The first-order chi connectivity index (χ1) is 12.8. The predicted octanol–water partition coefficient (Wildman–Crippen LogP) is 5.45. The number of aromatic nitrogens is 1. The third-order valence-electron chi connectivity index (χ3n) is 5.37. The summed E-state index contributed by atoms with van der Waals surface area (Å²) in [5, 5.41) is 14.4. The number of nitrogens with one attached hydrogen (secondary N) is 2. The van der Waals surface area contributed by atoms with E-state index in [1.54, 1.807) is 12.1 Å². The van der Waals surface area contributed by atoms with Crippen molar-refractivity contribution in [1.29, 1.82) is 0 Å². The third kappa shape index (κ3) is 4.74. The van der Waals surface area contributed by atoms with E-state index in [4.69, 9.17) is 0 Å². The lowest BCUT2D eigenvalue weighted by molar-refractivity contribution is 0.476. The van der Waals surface area contributed by atoms with Crippen LogP contribution in [0, 0.1) is 0 Å². The standard InChI is InChI=1S/C23H26N2O.ClH/c26-21-10-11-22-19(16-25-23(22)15-21)8-4-5-9-20-14-18(12-13-24-20)17-6-2-1-3-7-17;/h1-3,6-7,10-12,15-16,20,24-26H,4-5,8-9,13-14H2;1H. The average molecular weight is 383 g/mol. The van der Waals surface area contributed by atoms with Crippen molar-refractivity contribution in [3.63, 3.8) is 0 Å². The van der Waals surface area contributed by atoms with E-state index in [-0.39, 0.29) is 12.4 Å². The Hall–Kier alpha value is -2.23. The number of fused-ring (bicyclic) bond motifs is 1. The van der Waals surface area contributed by atoms with Crippen LogP contribution in [0.25, 0.3) is 16.5 Å². The van der Waals surface area contributed by atoms with E-state index >= 15 is 0 Å². The minimum atomic E-state index is 0. The van der Waals surface area contributed by atoms with Crippen LogP contribution in [0.4, 0.5) is 0 Å². The fourth-order valence-electron chi connectivity index (χ4n) is 3.95. The molecular weight excluding hydrogens is 356 g/mol. The maximum absolute atomic E-state index is 9.57. The summed E-state index contributed by atoms with van der Waals surface area (Å²) in [4.78, 5) is 3.26. The van der Waals surface area contributed by atoms with E-state index in [1.807, 2.05) is 6.07 Å². The lowest BCUT2D eigenvalue weighted by Gasteiger charge is -2.24. The van der Waals surface area contributed by atoms with E-state index in [2.05, 4.69) is 52.9 Å². The Balaban J connectivity index is 0.00000210. The van der Waals surface area contributed by atoms with Crippen molar-refractivity contribution in [2.75, 3.05) is 6.54 Å². The van der Waals surface area contributed by atoms with Crippen LogP contribution in [0.1, 0.15) is 36.8 Å². The highest BCUT2D eigenvalue weighted by molar-refractivity contribution is 5.85. The molecule has 1 unspecified atom stereocenters. The zero-order valence-corrected chi connectivity index (χ0v) is 16.3. The van der Waals surface area contributed by atoms with Crippen LogP contribution < -0.4 is 5.32 Å². The Morgan fingerprint density at radius 3 is 2.74 bits per heavy atom. The molecule has 4 heteroatoms. The second kappa shape index (κ2) is 9.12. The molecule has 142 valence electrons. The molecule has 0 bridgehead atoms. The highest BCUT2D eigenvalue weighted by atomic mass is 35.5. The van der Waals surface area contributed by atoms with Gasteiger partial charge in [-0.3, -0.25) is 0 Å². The minimum Gasteiger partial charge on any atom is -0.508 e. The average Bonchev–Trinajstić information content (AvgIpc) is 3.08. The van der Waals surface area contributed by atoms with Crippen LogP contribution in [0.15, 0.2) is 60.8 Å². The Morgan fingerprint density at radius 2 is 1.89 bits per heavy atom. The molecule has 3 N–H and O–H groups in total. The van der Waals surface area contributed by atoms with E-state index in [1.165, 1.54) is 41.3 Å². The van der Waals surface area contributed by atoms with Gasteiger partial charge in [-0.2, -0.15) is 0 Å². The van der Waals surface area contributed by atoms with Crippen molar-refractivity contribution in [2.45, 2.75) is 38.1 Å². The van der Waals surface area contributed by atoms with Crippen LogP contribution in [0.5, 0.6) is 5.75 Å².